The molecule has 0 unspecified atom stereocenters. The summed E-state index contributed by atoms with van der Waals surface area (Å²) in [6.45, 7) is 5.85. The van der Waals surface area contributed by atoms with Gasteiger partial charge in [-0.05, 0) is 32.4 Å². The van der Waals surface area contributed by atoms with E-state index >= 15 is 0 Å². The molecule has 1 atom stereocenters. The summed E-state index contributed by atoms with van der Waals surface area (Å²) in [5.74, 6) is -0.0478. The van der Waals surface area contributed by atoms with E-state index < -0.39 is 0 Å². The number of nitrogens with one attached hydrogen (secondary N) is 2. The number of amides is 1. The van der Waals surface area contributed by atoms with E-state index in [0.29, 0.717) is 5.16 Å². The largest absolute Gasteiger partial charge is 0.325 e. The number of hydrogen-bond acceptors (Lipinski definition) is 4. The number of rotatable bonds is 4. The van der Waals surface area contributed by atoms with Crippen molar-refractivity contribution in [1.82, 2.24) is 15.2 Å². The van der Waals surface area contributed by atoms with Crippen molar-refractivity contribution in [2.24, 2.45) is 0 Å². The molecule has 1 amide bonds. The van der Waals surface area contributed by atoms with Crippen LogP contribution in [-0.2, 0) is 4.79 Å². The van der Waals surface area contributed by atoms with Gasteiger partial charge in [0.1, 0.15) is 6.33 Å². The third-order valence-electron chi connectivity index (χ3n) is 2.69. The summed E-state index contributed by atoms with van der Waals surface area (Å²) in [4.78, 5) is 16.1. The number of aromatic nitrogens is 3. The second-order valence-electron chi connectivity index (χ2n) is 4.36. The zero-order chi connectivity index (χ0) is 13.8. The van der Waals surface area contributed by atoms with E-state index in [1.165, 1.54) is 23.7 Å². The number of nitrogens with zero attached hydrogens (tertiary/aromatic N) is 2. The Balaban J connectivity index is 2.00. The molecule has 100 valence electrons. The van der Waals surface area contributed by atoms with Crippen LogP contribution >= 0.6 is 11.8 Å². The molecule has 0 aliphatic heterocycles. The molecule has 6 heteroatoms. The van der Waals surface area contributed by atoms with Crippen molar-refractivity contribution in [3.8, 4) is 0 Å². The fraction of sp³-hybridized carbons (Fsp3) is 0.308. The first-order chi connectivity index (χ1) is 9.06. The highest BCUT2D eigenvalue weighted by Crippen LogP contribution is 2.21. The van der Waals surface area contributed by atoms with Gasteiger partial charge in [0, 0.05) is 5.69 Å². The number of H-pyrrole nitrogens is 1. The molecule has 0 saturated heterocycles. The number of benzene rings is 1. The molecule has 19 heavy (non-hydrogen) atoms. The summed E-state index contributed by atoms with van der Waals surface area (Å²) < 4.78 is 0. The first kappa shape index (κ1) is 13.6. The van der Waals surface area contributed by atoms with Crippen LogP contribution in [0.15, 0.2) is 29.7 Å². The van der Waals surface area contributed by atoms with Crippen LogP contribution in [0.5, 0.6) is 0 Å². The summed E-state index contributed by atoms with van der Waals surface area (Å²) in [5.41, 5.74) is 3.09. The van der Waals surface area contributed by atoms with Gasteiger partial charge in [-0.15, -0.1) is 0 Å². The molecule has 0 saturated carbocycles. The third kappa shape index (κ3) is 3.57. The summed E-state index contributed by atoms with van der Waals surface area (Å²) >= 11 is 1.35. The molecule has 1 aromatic heterocycles. The minimum atomic E-state index is -0.242. The molecule has 0 radical (unpaired) electrons. The normalized spacial score (nSPS) is 12.2. The van der Waals surface area contributed by atoms with Crippen LogP contribution in [-0.4, -0.2) is 26.3 Å². The van der Waals surface area contributed by atoms with Gasteiger partial charge in [-0.2, -0.15) is 5.10 Å². The van der Waals surface area contributed by atoms with E-state index in [4.69, 9.17) is 0 Å². The average Bonchev–Trinajstić information content (AvgIpc) is 2.85. The van der Waals surface area contributed by atoms with Gasteiger partial charge in [-0.25, -0.2) is 4.98 Å². The van der Waals surface area contributed by atoms with Crippen LogP contribution in [0.2, 0.25) is 0 Å². The minimum Gasteiger partial charge on any atom is -0.325 e. The average molecular weight is 276 g/mol. The first-order valence-electron chi connectivity index (χ1n) is 5.96. The highest BCUT2D eigenvalue weighted by molar-refractivity contribution is 8.00. The predicted octanol–water partition coefficient (Wildman–Crippen LogP) is 2.54. The zero-order valence-electron chi connectivity index (χ0n) is 11.1. The van der Waals surface area contributed by atoms with Gasteiger partial charge in [-0.3, -0.25) is 9.89 Å². The van der Waals surface area contributed by atoms with Crippen LogP contribution in [0.4, 0.5) is 5.69 Å². The molecule has 2 N–H and O–H groups in total. The Bertz CT molecular complexity index is 568. The quantitative estimate of drug-likeness (QED) is 0.842. The lowest BCUT2D eigenvalue weighted by atomic mass is 10.1. The van der Waals surface area contributed by atoms with E-state index in [1.54, 1.807) is 0 Å². The van der Waals surface area contributed by atoms with Gasteiger partial charge in [0.2, 0.25) is 5.91 Å². The smallest absolute Gasteiger partial charge is 0.237 e. The molecule has 2 aromatic rings. The Hall–Kier alpha value is -1.82. The lowest BCUT2D eigenvalue weighted by Crippen LogP contribution is -2.23. The van der Waals surface area contributed by atoms with E-state index in [1.807, 2.05) is 39.0 Å². The van der Waals surface area contributed by atoms with Gasteiger partial charge in [0.05, 0.1) is 5.25 Å². The van der Waals surface area contributed by atoms with Crippen molar-refractivity contribution < 1.29 is 4.79 Å². The Morgan fingerprint density at radius 2 is 2.21 bits per heavy atom. The van der Waals surface area contributed by atoms with Crippen molar-refractivity contribution in [3.05, 3.63) is 35.7 Å². The lowest BCUT2D eigenvalue weighted by molar-refractivity contribution is -0.115. The number of carbonyl (C=O) groups excluding carboxylic acids is 1. The Morgan fingerprint density at radius 3 is 2.84 bits per heavy atom. The van der Waals surface area contributed by atoms with Crippen molar-refractivity contribution >= 4 is 23.4 Å². The molecule has 5 nitrogen and oxygen atoms in total. The van der Waals surface area contributed by atoms with Crippen LogP contribution < -0.4 is 5.32 Å². The molecule has 0 fully saturated rings. The summed E-state index contributed by atoms with van der Waals surface area (Å²) in [6.07, 6.45) is 1.43. The predicted molar refractivity (Wildman–Crippen MR) is 76.2 cm³/mol. The van der Waals surface area contributed by atoms with Crippen molar-refractivity contribution in [1.29, 1.82) is 0 Å². The Labute approximate surface area is 116 Å². The van der Waals surface area contributed by atoms with Gasteiger partial charge >= 0.3 is 0 Å². The van der Waals surface area contributed by atoms with Crippen molar-refractivity contribution in [2.45, 2.75) is 31.2 Å². The second-order valence-corrected chi connectivity index (χ2v) is 5.69. The van der Waals surface area contributed by atoms with Crippen LogP contribution in [0.25, 0.3) is 0 Å². The molecule has 0 aliphatic carbocycles. The summed E-state index contributed by atoms with van der Waals surface area (Å²) in [7, 11) is 0. The molecule has 0 spiro atoms. The first-order valence-corrected chi connectivity index (χ1v) is 6.84. The topological polar surface area (TPSA) is 70.7 Å². The molecular formula is C13H16N4OS. The molecular weight excluding hydrogens is 260 g/mol. The number of hydrogen-bond donors (Lipinski definition) is 2. The molecule has 0 aliphatic rings. The van der Waals surface area contributed by atoms with E-state index in [-0.39, 0.29) is 11.2 Å². The standard InChI is InChI=1S/C13H16N4OS/c1-8-4-5-11(9(2)6-8)16-12(18)10(3)19-13-14-7-15-17-13/h4-7,10H,1-3H3,(H,16,18)(H,14,15,17)/t10-/m1/s1. The number of thioether (sulfide) groups is 1. The highest BCUT2D eigenvalue weighted by atomic mass is 32.2. The molecule has 2 rings (SSSR count). The van der Waals surface area contributed by atoms with Crippen LogP contribution in [0.3, 0.4) is 0 Å². The maximum atomic E-state index is 12.1. The lowest BCUT2D eigenvalue weighted by Gasteiger charge is -2.12. The number of carbonyl (C=O) groups is 1. The van der Waals surface area contributed by atoms with Gasteiger partial charge < -0.3 is 5.32 Å². The van der Waals surface area contributed by atoms with E-state index in [0.717, 1.165) is 11.3 Å². The Morgan fingerprint density at radius 1 is 1.42 bits per heavy atom. The SMILES string of the molecule is Cc1ccc(NC(=O)[C@@H](C)Sc2ncn[nH]2)c(C)c1. The second kappa shape index (κ2) is 5.88. The maximum Gasteiger partial charge on any atom is 0.237 e. The van der Waals surface area contributed by atoms with Gasteiger partial charge in [0.15, 0.2) is 5.16 Å². The summed E-state index contributed by atoms with van der Waals surface area (Å²) in [6, 6.07) is 5.95. The number of anilines is 1. The van der Waals surface area contributed by atoms with Crippen LogP contribution in [0.1, 0.15) is 18.1 Å². The fourth-order valence-corrected chi connectivity index (χ4v) is 2.37. The monoisotopic (exact) mass is 276 g/mol. The summed E-state index contributed by atoms with van der Waals surface area (Å²) in [5, 5.41) is 9.81. The molecule has 0 bridgehead atoms. The molecule has 1 heterocycles. The molecule has 1 aromatic carbocycles. The van der Waals surface area contributed by atoms with Gasteiger partial charge in [-0.1, -0.05) is 29.5 Å². The maximum absolute atomic E-state index is 12.1. The van der Waals surface area contributed by atoms with Crippen molar-refractivity contribution in [3.63, 3.8) is 0 Å². The number of aromatic amines is 1. The Kier molecular flexibility index (Phi) is 4.21. The zero-order valence-corrected chi connectivity index (χ0v) is 11.9. The third-order valence-corrected chi connectivity index (χ3v) is 3.68. The van der Waals surface area contributed by atoms with Gasteiger partial charge in [0.25, 0.3) is 0 Å². The number of aryl methyl sites for hydroxylation is 2. The van der Waals surface area contributed by atoms with E-state index in [9.17, 15) is 4.79 Å². The van der Waals surface area contributed by atoms with Crippen molar-refractivity contribution in [2.75, 3.05) is 5.32 Å². The van der Waals surface area contributed by atoms with E-state index in [2.05, 4.69) is 20.5 Å². The van der Waals surface area contributed by atoms with Crippen LogP contribution in [0, 0.1) is 13.8 Å². The minimum absolute atomic E-state index is 0.0478. The highest BCUT2D eigenvalue weighted by Gasteiger charge is 2.16. The fourth-order valence-electron chi connectivity index (χ4n) is 1.66.